The minimum Gasteiger partial charge on any atom is -0.357 e. The first-order valence-corrected chi connectivity index (χ1v) is 7.90. The molecule has 0 saturated heterocycles. The minimum absolute atomic E-state index is 0.229. The summed E-state index contributed by atoms with van der Waals surface area (Å²) in [7, 11) is -1.82. The van der Waals surface area contributed by atoms with Crippen molar-refractivity contribution < 1.29 is 13.2 Å². The van der Waals surface area contributed by atoms with E-state index in [1.165, 1.54) is 0 Å². The second-order valence-corrected chi connectivity index (χ2v) is 6.97. The Morgan fingerprint density at radius 3 is 2.45 bits per heavy atom. The van der Waals surface area contributed by atoms with Gasteiger partial charge in [0.15, 0.2) is 15.6 Å². The molecule has 2 rings (SSSR count). The predicted molar refractivity (Wildman–Crippen MR) is 77.7 cm³/mol. The lowest BCUT2D eigenvalue weighted by Crippen LogP contribution is -2.17. The highest BCUT2D eigenvalue weighted by Crippen LogP contribution is 2.19. The fourth-order valence-corrected chi connectivity index (χ4v) is 3.64. The quantitative estimate of drug-likeness (QED) is 0.812. The van der Waals surface area contributed by atoms with E-state index in [0.29, 0.717) is 11.1 Å². The summed E-state index contributed by atoms with van der Waals surface area (Å²) < 4.78 is 26.4. The number of hydrogen-bond acceptors (Lipinski definition) is 3. The standard InChI is InChI=1S/C15H17NO3S/c1-11-4-5-15(12(2)8-11)20(18,19)10-14(17)13-6-7-16(3)9-13/h4-9H,10H2,1-3H3. The van der Waals surface area contributed by atoms with Crippen molar-refractivity contribution in [3.8, 4) is 0 Å². The second-order valence-electron chi connectivity index (χ2n) is 5.02. The van der Waals surface area contributed by atoms with Crippen LogP contribution >= 0.6 is 0 Å². The van der Waals surface area contributed by atoms with Crippen LogP contribution in [-0.4, -0.2) is 24.5 Å². The molecule has 4 nitrogen and oxygen atoms in total. The van der Waals surface area contributed by atoms with Crippen molar-refractivity contribution in [3.05, 3.63) is 53.3 Å². The number of aromatic nitrogens is 1. The van der Waals surface area contributed by atoms with Gasteiger partial charge in [-0.05, 0) is 31.5 Å². The predicted octanol–water partition coefficient (Wildman–Crippen LogP) is 2.30. The molecule has 0 fully saturated rings. The lowest BCUT2D eigenvalue weighted by Gasteiger charge is -2.07. The summed E-state index contributed by atoms with van der Waals surface area (Å²) >= 11 is 0. The number of carbonyl (C=O) groups is 1. The Hall–Kier alpha value is -1.88. The monoisotopic (exact) mass is 291 g/mol. The van der Waals surface area contributed by atoms with Crippen LogP contribution in [0.1, 0.15) is 21.5 Å². The Bertz CT molecular complexity index is 757. The summed E-state index contributed by atoms with van der Waals surface area (Å²) in [6.07, 6.45) is 3.34. The van der Waals surface area contributed by atoms with E-state index in [2.05, 4.69) is 0 Å². The topological polar surface area (TPSA) is 56.1 Å². The summed E-state index contributed by atoms with van der Waals surface area (Å²) in [5.74, 6) is -0.883. The number of Topliss-reactive ketones (excluding diaryl/α,β-unsaturated/α-hetero) is 1. The molecular weight excluding hydrogens is 274 g/mol. The lowest BCUT2D eigenvalue weighted by molar-refractivity contribution is 0.102. The molecule has 1 heterocycles. The Labute approximate surface area is 119 Å². The first kappa shape index (κ1) is 14.5. The number of hydrogen-bond donors (Lipinski definition) is 0. The minimum atomic E-state index is -3.60. The average molecular weight is 291 g/mol. The summed E-state index contributed by atoms with van der Waals surface area (Å²) in [6, 6.07) is 6.74. The maximum atomic E-state index is 12.3. The smallest absolute Gasteiger partial charge is 0.186 e. The maximum Gasteiger partial charge on any atom is 0.186 e. The summed E-state index contributed by atoms with van der Waals surface area (Å²) in [5, 5.41) is 0. The van der Waals surface area contributed by atoms with Gasteiger partial charge < -0.3 is 4.57 Å². The molecule has 0 bridgehead atoms. The van der Waals surface area contributed by atoms with E-state index in [9.17, 15) is 13.2 Å². The van der Waals surface area contributed by atoms with Gasteiger partial charge in [0, 0.05) is 25.0 Å². The average Bonchev–Trinajstić information content (AvgIpc) is 2.74. The molecule has 20 heavy (non-hydrogen) atoms. The molecule has 0 amide bonds. The van der Waals surface area contributed by atoms with Crippen molar-refractivity contribution in [1.29, 1.82) is 0 Å². The highest BCUT2D eigenvalue weighted by Gasteiger charge is 2.22. The second kappa shape index (κ2) is 5.25. The highest BCUT2D eigenvalue weighted by atomic mass is 32.2. The Balaban J connectivity index is 2.29. The first-order valence-electron chi connectivity index (χ1n) is 6.25. The molecule has 1 aromatic carbocycles. The molecule has 0 unspecified atom stereocenters. The van der Waals surface area contributed by atoms with Crippen LogP contribution in [0.25, 0.3) is 0 Å². The van der Waals surface area contributed by atoms with Gasteiger partial charge in [0.05, 0.1) is 4.90 Å². The number of benzene rings is 1. The molecular formula is C15H17NO3S. The molecule has 0 aliphatic carbocycles. The van der Waals surface area contributed by atoms with Gasteiger partial charge in [-0.15, -0.1) is 0 Å². The Kier molecular flexibility index (Phi) is 3.81. The van der Waals surface area contributed by atoms with Crippen molar-refractivity contribution >= 4 is 15.6 Å². The van der Waals surface area contributed by atoms with Gasteiger partial charge in [-0.3, -0.25) is 4.79 Å². The van der Waals surface area contributed by atoms with Gasteiger partial charge in [-0.25, -0.2) is 8.42 Å². The molecule has 0 saturated carbocycles. The number of nitrogens with zero attached hydrogens (tertiary/aromatic N) is 1. The van der Waals surface area contributed by atoms with Gasteiger partial charge in [0.2, 0.25) is 0 Å². The van der Waals surface area contributed by atoms with E-state index in [0.717, 1.165) is 5.56 Å². The zero-order chi connectivity index (χ0) is 14.9. The van der Waals surface area contributed by atoms with Crippen molar-refractivity contribution in [2.45, 2.75) is 18.7 Å². The summed E-state index contributed by atoms with van der Waals surface area (Å²) in [4.78, 5) is 12.3. The third kappa shape index (κ3) is 2.99. The molecule has 0 spiro atoms. The molecule has 1 aromatic heterocycles. The Morgan fingerprint density at radius 1 is 1.20 bits per heavy atom. The van der Waals surface area contributed by atoms with Crippen molar-refractivity contribution in [1.82, 2.24) is 4.57 Å². The van der Waals surface area contributed by atoms with Crippen LogP contribution in [0.4, 0.5) is 0 Å². The molecule has 5 heteroatoms. The van der Waals surface area contributed by atoms with Crippen molar-refractivity contribution in [2.24, 2.45) is 7.05 Å². The van der Waals surface area contributed by atoms with E-state index in [-0.39, 0.29) is 10.7 Å². The number of ketones is 1. The zero-order valence-corrected chi connectivity index (χ0v) is 12.6. The SMILES string of the molecule is Cc1ccc(S(=O)(=O)CC(=O)c2ccn(C)c2)c(C)c1. The van der Waals surface area contributed by atoms with Gasteiger partial charge in [-0.2, -0.15) is 0 Å². The lowest BCUT2D eigenvalue weighted by atomic mass is 10.2. The van der Waals surface area contributed by atoms with Crippen LogP contribution in [0.2, 0.25) is 0 Å². The molecule has 0 aliphatic rings. The molecule has 0 atom stereocenters. The van der Waals surface area contributed by atoms with E-state index in [1.54, 1.807) is 55.2 Å². The van der Waals surface area contributed by atoms with Crippen LogP contribution < -0.4 is 0 Å². The molecule has 0 aliphatic heterocycles. The van der Waals surface area contributed by atoms with Crippen LogP contribution in [0, 0.1) is 13.8 Å². The molecule has 0 N–H and O–H groups in total. The fourth-order valence-electron chi connectivity index (χ4n) is 2.15. The van der Waals surface area contributed by atoms with Gasteiger partial charge in [0.25, 0.3) is 0 Å². The van der Waals surface area contributed by atoms with Gasteiger partial charge in [0.1, 0.15) is 5.75 Å². The van der Waals surface area contributed by atoms with Crippen LogP contribution in [-0.2, 0) is 16.9 Å². The first-order chi connectivity index (χ1) is 9.29. The normalized spacial score (nSPS) is 11.6. The van der Waals surface area contributed by atoms with E-state index in [1.807, 2.05) is 6.92 Å². The van der Waals surface area contributed by atoms with Crippen molar-refractivity contribution in [2.75, 3.05) is 5.75 Å². The maximum absolute atomic E-state index is 12.3. The fraction of sp³-hybridized carbons (Fsp3) is 0.267. The van der Waals surface area contributed by atoms with Gasteiger partial charge in [-0.1, -0.05) is 17.7 Å². The third-order valence-corrected chi connectivity index (χ3v) is 4.91. The van der Waals surface area contributed by atoms with E-state index >= 15 is 0 Å². The Morgan fingerprint density at radius 2 is 1.90 bits per heavy atom. The zero-order valence-electron chi connectivity index (χ0n) is 11.8. The van der Waals surface area contributed by atoms with Crippen LogP contribution in [0.15, 0.2) is 41.6 Å². The number of aryl methyl sites for hydroxylation is 3. The summed E-state index contributed by atoms with van der Waals surface area (Å²) in [6.45, 7) is 3.64. The number of rotatable bonds is 4. The van der Waals surface area contributed by atoms with Crippen molar-refractivity contribution in [3.63, 3.8) is 0 Å². The van der Waals surface area contributed by atoms with E-state index in [4.69, 9.17) is 0 Å². The molecule has 2 aromatic rings. The number of sulfone groups is 1. The molecule has 106 valence electrons. The summed E-state index contributed by atoms with van der Waals surface area (Å²) in [5.41, 5.74) is 2.09. The highest BCUT2D eigenvalue weighted by molar-refractivity contribution is 7.92. The van der Waals surface area contributed by atoms with Gasteiger partial charge >= 0.3 is 0 Å². The van der Waals surface area contributed by atoms with E-state index < -0.39 is 15.6 Å². The third-order valence-electron chi connectivity index (χ3n) is 3.14. The largest absolute Gasteiger partial charge is 0.357 e. The molecule has 0 radical (unpaired) electrons. The van der Waals surface area contributed by atoms with Crippen LogP contribution in [0.5, 0.6) is 0 Å². The number of carbonyl (C=O) groups excluding carboxylic acids is 1. The van der Waals surface area contributed by atoms with Crippen LogP contribution in [0.3, 0.4) is 0 Å².